The lowest BCUT2D eigenvalue weighted by atomic mass is 9.90. The Kier molecular flexibility index (Phi) is 3.60. The zero-order chi connectivity index (χ0) is 12.4. The minimum absolute atomic E-state index is 0.0190. The summed E-state index contributed by atoms with van der Waals surface area (Å²) in [5.74, 6) is 0. The Labute approximate surface area is 91.9 Å². The van der Waals surface area contributed by atoms with Crippen LogP contribution in [0.1, 0.15) is 24.5 Å². The van der Waals surface area contributed by atoms with Crippen molar-refractivity contribution in [1.82, 2.24) is 0 Å². The molecule has 0 bridgehead atoms. The van der Waals surface area contributed by atoms with Gasteiger partial charge in [-0.3, -0.25) is 0 Å². The SMILES string of the molecule is CCC(O)(CN)c1ccc(C(F)(F)F)cc1. The highest BCUT2D eigenvalue weighted by atomic mass is 19.4. The van der Waals surface area contributed by atoms with Crippen molar-refractivity contribution in [2.24, 2.45) is 5.73 Å². The molecule has 0 aromatic heterocycles. The number of benzene rings is 1. The molecule has 3 N–H and O–H groups in total. The van der Waals surface area contributed by atoms with Crippen molar-refractivity contribution in [2.75, 3.05) is 6.54 Å². The number of alkyl halides is 3. The Bertz CT molecular complexity index is 341. The average molecular weight is 233 g/mol. The summed E-state index contributed by atoms with van der Waals surface area (Å²) in [5, 5.41) is 9.99. The summed E-state index contributed by atoms with van der Waals surface area (Å²) in [4.78, 5) is 0. The molecule has 2 nitrogen and oxygen atoms in total. The first-order chi connectivity index (χ1) is 7.33. The molecule has 0 radical (unpaired) electrons. The van der Waals surface area contributed by atoms with Crippen LogP contribution in [0.25, 0.3) is 0 Å². The standard InChI is InChI=1S/C11H14F3NO/c1-2-10(16,7-15)8-3-5-9(6-4-8)11(12,13)14/h3-6,16H,2,7,15H2,1H3. The van der Waals surface area contributed by atoms with Crippen LogP contribution in [0.2, 0.25) is 0 Å². The van der Waals surface area contributed by atoms with Gasteiger partial charge in [-0.05, 0) is 24.1 Å². The first-order valence-electron chi connectivity index (χ1n) is 4.93. The van der Waals surface area contributed by atoms with Crippen LogP contribution in [0.15, 0.2) is 24.3 Å². The van der Waals surface area contributed by atoms with Gasteiger partial charge in [-0.1, -0.05) is 19.1 Å². The molecule has 0 saturated heterocycles. The molecule has 0 aliphatic rings. The smallest absolute Gasteiger partial charge is 0.384 e. The highest BCUT2D eigenvalue weighted by molar-refractivity contribution is 5.28. The predicted octanol–water partition coefficient (Wildman–Crippen LogP) is 2.26. The van der Waals surface area contributed by atoms with Gasteiger partial charge in [0.25, 0.3) is 0 Å². The number of hydrogen-bond acceptors (Lipinski definition) is 2. The minimum atomic E-state index is -4.36. The largest absolute Gasteiger partial charge is 0.416 e. The summed E-state index contributed by atoms with van der Waals surface area (Å²) in [6, 6.07) is 4.43. The van der Waals surface area contributed by atoms with Crippen LogP contribution >= 0.6 is 0 Å². The van der Waals surface area contributed by atoms with E-state index in [9.17, 15) is 18.3 Å². The van der Waals surface area contributed by atoms with Crippen molar-refractivity contribution in [3.8, 4) is 0 Å². The van der Waals surface area contributed by atoms with Gasteiger partial charge in [0, 0.05) is 6.54 Å². The Morgan fingerprint density at radius 3 is 1.88 bits per heavy atom. The number of aliphatic hydroxyl groups is 1. The first-order valence-corrected chi connectivity index (χ1v) is 4.93. The second kappa shape index (κ2) is 4.43. The van der Waals surface area contributed by atoms with E-state index in [1.807, 2.05) is 0 Å². The molecule has 1 aromatic carbocycles. The molecule has 0 aliphatic heterocycles. The van der Waals surface area contributed by atoms with Gasteiger partial charge in [0.2, 0.25) is 0 Å². The van der Waals surface area contributed by atoms with Gasteiger partial charge in [-0.15, -0.1) is 0 Å². The van der Waals surface area contributed by atoms with Crippen LogP contribution in [0.4, 0.5) is 13.2 Å². The number of hydrogen-bond donors (Lipinski definition) is 2. The van der Waals surface area contributed by atoms with E-state index in [4.69, 9.17) is 5.73 Å². The minimum Gasteiger partial charge on any atom is -0.384 e. The van der Waals surface area contributed by atoms with E-state index in [-0.39, 0.29) is 6.54 Å². The molecule has 0 heterocycles. The molecule has 1 rings (SSSR count). The summed E-state index contributed by atoms with van der Waals surface area (Å²) in [6.07, 6.45) is -4.00. The van der Waals surface area contributed by atoms with E-state index in [1.54, 1.807) is 6.92 Å². The third-order valence-electron chi connectivity index (χ3n) is 2.67. The molecule has 0 amide bonds. The molecule has 0 fully saturated rings. The fourth-order valence-corrected chi connectivity index (χ4v) is 1.44. The fourth-order valence-electron chi connectivity index (χ4n) is 1.44. The molecule has 16 heavy (non-hydrogen) atoms. The number of nitrogens with two attached hydrogens (primary N) is 1. The molecular formula is C11H14F3NO. The summed E-state index contributed by atoms with van der Waals surface area (Å²) in [6.45, 7) is 1.71. The van der Waals surface area contributed by atoms with Crippen molar-refractivity contribution in [2.45, 2.75) is 25.1 Å². The lowest BCUT2D eigenvalue weighted by molar-refractivity contribution is -0.137. The van der Waals surface area contributed by atoms with Crippen LogP contribution in [0.3, 0.4) is 0 Å². The van der Waals surface area contributed by atoms with Gasteiger partial charge < -0.3 is 10.8 Å². The predicted molar refractivity (Wildman–Crippen MR) is 54.7 cm³/mol. The topological polar surface area (TPSA) is 46.2 Å². The van der Waals surface area contributed by atoms with E-state index in [0.717, 1.165) is 12.1 Å². The Morgan fingerprint density at radius 2 is 1.56 bits per heavy atom. The molecule has 0 saturated carbocycles. The van der Waals surface area contributed by atoms with Crippen molar-refractivity contribution in [1.29, 1.82) is 0 Å². The van der Waals surface area contributed by atoms with E-state index >= 15 is 0 Å². The second-order valence-electron chi connectivity index (χ2n) is 3.66. The summed E-state index contributed by atoms with van der Waals surface area (Å²) in [7, 11) is 0. The molecule has 0 aliphatic carbocycles. The van der Waals surface area contributed by atoms with Crippen LogP contribution in [-0.2, 0) is 11.8 Å². The van der Waals surface area contributed by atoms with Gasteiger partial charge in [-0.25, -0.2) is 0 Å². The van der Waals surface area contributed by atoms with E-state index in [0.29, 0.717) is 12.0 Å². The lowest BCUT2D eigenvalue weighted by Gasteiger charge is -2.25. The average Bonchev–Trinajstić information content (AvgIpc) is 2.27. The summed E-state index contributed by atoms with van der Waals surface area (Å²) in [5.41, 5.74) is 3.83. The number of rotatable bonds is 3. The van der Waals surface area contributed by atoms with Gasteiger partial charge >= 0.3 is 6.18 Å². The molecule has 0 spiro atoms. The number of halogens is 3. The molecule has 1 unspecified atom stereocenters. The molecule has 90 valence electrons. The maximum absolute atomic E-state index is 12.3. The van der Waals surface area contributed by atoms with Gasteiger partial charge in [-0.2, -0.15) is 13.2 Å². The van der Waals surface area contributed by atoms with Crippen molar-refractivity contribution >= 4 is 0 Å². The van der Waals surface area contributed by atoms with Crippen LogP contribution < -0.4 is 5.73 Å². The van der Waals surface area contributed by atoms with Crippen molar-refractivity contribution < 1.29 is 18.3 Å². The maximum Gasteiger partial charge on any atom is 0.416 e. The lowest BCUT2D eigenvalue weighted by Crippen LogP contribution is -2.34. The maximum atomic E-state index is 12.3. The molecule has 1 atom stereocenters. The monoisotopic (exact) mass is 233 g/mol. The highest BCUT2D eigenvalue weighted by Gasteiger charge is 2.31. The van der Waals surface area contributed by atoms with E-state index < -0.39 is 17.3 Å². The van der Waals surface area contributed by atoms with Crippen molar-refractivity contribution in [3.05, 3.63) is 35.4 Å². The third-order valence-corrected chi connectivity index (χ3v) is 2.67. The molecular weight excluding hydrogens is 219 g/mol. The molecule has 1 aromatic rings. The van der Waals surface area contributed by atoms with Gasteiger partial charge in [0.15, 0.2) is 0 Å². The third kappa shape index (κ3) is 2.54. The summed E-state index contributed by atoms with van der Waals surface area (Å²) >= 11 is 0. The van der Waals surface area contributed by atoms with Gasteiger partial charge in [0.1, 0.15) is 5.60 Å². The van der Waals surface area contributed by atoms with E-state index in [2.05, 4.69) is 0 Å². The van der Waals surface area contributed by atoms with Crippen LogP contribution in [-0.4, -0.2) is 11.7 Å². The first kappa shape index (κ1) is 13.0. The van der Waals surface area contributed by atoms with Crippen molar-refractivity contribution in [3.63, 3.8) is 0 Å². The zero-order valence-corrected chi connectivity index (χ0v) is 8.88. The Hall–Kier alpha value is -1.07. The van der Waals surface area contributed by atoms with Crippen LogP contribution in [0, 0.1) is 0 Å². The van der Waals surface area contributed by atoms with E-state index in [1.165, 1.54) is 12.1 Å². The van der Waals surface area contributed by atoms with Crippen LogP contribution in [0.5, 0.6) is 0 Å². The molecule has 5 heteroatoms. The highest BCUT2D eigenvalue weighted by Crippen LogP contribution is 2.31. The normalized spacial score (nSPS) is 15.9. The fraction of sp³-hybridized carbons (Fsp3) is 0.455. The van der Waals surface area contributed by atoms with Gasteiger partial charge in [0.05, 0.1) is 5.56 Å². The zero-order valence-electron chi connectivity index (χ0n) is 8.88. The Morgan fingerprint density at radius 1 is 1.12 bits per heavy atom. The Balaban J connectivity index is 3.04. The quantitative estimate of drug-likeness (QED) is 0.841. The summed E-state index contributed by atoms with van der Waals surface area (Å²) < 4.78 is 36.9. The second-order valence-corrected chi connectivity index (χ2v) is 3.66.